The van der Waals surface area contributed by atoms with Crippen LogP contribution < -0.4 is 0 Å². The van der Waals surface area contributed by atoms with Gasteiger partial charge in [-0.15, -0.1) is 0 Å². The third-order valence-electron chi connectivity index (χ3n) is 5.65. The van der Waals surface area contributed by atoms with Gasteiger partial charge in [0.1, 0.15) is 5.65 Å². The maximum atomic E-state index is 11.3. The first-order chi connectivity index (χ1) is 15.7. The van der Waals surface area contributed by atoms with Gasteiger partial charge in [0, 0.05) is 52.7 Å². The monoisotopic (exact) mass is 417 g/mol. The smallest absolute Gasteiger partial charge is 0.270 e. The van der Waals surface area contributed by atoms with Gasteiger partial charge in [-0.3, -0.25) is 24.6 Å². The summed E-state index contributed by atoms with van der Waals surface area (Å²) in [5.41, 5.74) is 6.36. The average Bonchev–Trinajstić information content (AvgIpc) is 3.17. The summed E-state index contributed by atoms with van der Waals surface area (Å²) < 4.78 is 2.03. The number of nitro benzene ring substituents is 1. The Balaban J connectivity index is 1.54. The number of fused-ring (bicyclic) bond motifs is 4. The number of rotatable bonds is 3. The minimum absolute atomic E-state index is 0.0628. The molecule has 0 aliphatic rings. The van der Waals surface area contributed by atoms with Crippen molar-refractivity contribution >= 4 is 38.7 Å². The summed E-state index contributed by atoms with van der Waals surface area (Å²) in [4.78, 5) is 24.4. The van der Waals surface area contributed by atoms with Crippen molar-refractivity contribution in [3.05, 3.63) is 102 Å². The van der Waals surface area contributed by atoms with Crippen molar-refractivity contribution in [1.82, 2.24) is 19.5 Å². The number of nitrogens with zero attached hydrogens (tertiary/aromatic N) is 5. The van der Waals surface area contributed by atoms with E-state index in [-0.39, 0.29) is 10.6 Å². The van der Waals surface area contributed by atoms with Gasteiger partial charge < -0.3 is 0 Å². The van der Waals surface area contributed by atoms with Crippen molar-refractivity contribution in [2.75, 3.05) is 0 Å². The second-order valence-corrected chi connectivity index (χ2v) is 7.45. The molecular weight excluding hydrogens is 402 g/mol. The van der Waals surface area contributed by atoms with Crippen LogP contribution in [0.5, 0.6) is 0 Å². The summed E-state index contributed by atoms with van der Waals surface area (Å²) in [6.45, 7) is 0. The van der Waals surface area contributed by atoms with Crippen LogP contribution >= 0.6 is 0 Å². The number of pyridine rings is 3. The number of nitro groups is 1. The standard InChI is InChI=1S/C25H15N5O2/c31-30(32)18-9-10-23-21(15-18)20-3-1-13-28-25(20)29(23)17-7-5-16(6-8-17)19-11-14-26-22-4-2-12-27-24(19)22/h1-15H. The van der Waals surface area contributed by atoms with Gasteiger partial charge in [0.05, 0.1) is 21.5 Å². The first-order valence-corrected chi connectivity index (χ1v) is 10.0. The molecule has 4 heterocycles. The molecule has 0 aliphatic carbocycles. The zero-order chi connectivity index (χ0) is 21.7. The molecule has 0 aliphatic heterocycles. The van der Waals surface area contributed by atoms with E-state index in [1.807, 2.05) is 59.2 Å². The Morgan fingerprint density at radius 3 is 2.44 bits per heavy atom. The van der Waals surface area contributed by atoms with Crippen LogP contribution in [0.15, 0.2) is 91.4 Å². The quantitative estimate of drug-likeness (QED) is 0.272. The molecule has 0 bridgehead atoms. The molecule has 7 nitrogen and oxygen atoms in total. The van der Waals surface area contributed by atoms with E-state index < -0.39 is 0 Å². The lowest BCUT2D eigenvalue weighted by molar-refractivity contribution is -0.384. The van der Waals surface area contributed by atoms with Gasteiger partial charge in [-0.1, -0.05) is 12.1 Å². The van der Waals surface area contributed by atoms with Gasteiger partial charge >= 0.3 is 0 Å². The number of non-ortho nitro benzene ring substituents is 1. The molecule has 0 spiro atoms. The van der Waals surface area contributed by atoms with Crippen LogP contribution in [-0.2, 0) is 0 Å². The van der Waals surface area contributed by atoms with Crippen molar-refractivity contribution < 1.29 is 4.92 Å². The van der Waals surface area contributed by atoms with Gasteiger partial charge in [-0.25, -0.2) is 4.98 Å². The molecule has 0 amide bonds. The topological polar surface area (TPSA) is 86.7 Å². The van der Waals surface area contributed by atoms with E-state index >= 15 is 0 Å². The molecule has 6 rings (SSSR count). The highest BCUT2D eigenvalue weighted by Crippen LogP contribution is 2.34. The Bertz CT molecular complexity index is 1650. The minimum Gasteiger partial charge on any atom is -0.294 e. The lowest BCUT2D eigenvalue weighted by Gasteiger charge is -2.09. The van der Waals surface area contributed by atoms with Crippen LogP contribution in [-0.4, -0.2) is 24.4 Å². The molecule has 0 radical (unpaired) electrons. The fraction of sp³-hybridized carbons (Fsp3) is 0. The van der Waals surface area contributed by atoms with Crippen molar-refractivity contribution in [3.8, 4) is 16.8 Å². The van der Waals surface area contributed by atoms with Crippen LogP contribution in [0, 0.1) is 10.1 Å². The molecule has 0 fully saturated rings. The predicted molar refractivity (Wildman–Crippen MR) is 124 cm³/mol. The molecule has 2 aromatic carbocycles. The lowest BCUT2D eigenvalue weighted by atomic mass is 10.0. The second-order valence-electron chi connectivity index (χ2n) is 7.45. The molecule has 0 N–H and O–H groups in total. The highest BCUT2D eigenvalue weighted by atomic mass is 16.6. The van der Waals surface area contributed by atoms with E-state index in [0.717, 1.165) is 49.8 Å². The molecule has 32 heavy (non-hydrogen) atoms. The van der Waals surface area contributed by atoms with Crippen LogP contribution in [0.1, 0.15) is 0 Å². The van der Waals surface area contributed by atoms with Gasteiger partial charge in [0.15, 0.2) is 0 Å². The fourth-order valence-electron chi connectivity index (χ4n) is 4.21. The lowest BCUT2D eigenvalue weighted by Crippen LogP contribution is -1.96. The van der Waals surface area contributed by atoms with E-state index in [2.05, 4.69) is 15.0 Å². The molecular formula is C25H15N5O2. The van der Waals surface area contributed by atoms with Crippen molar-refractivity contribution in [2.24, 2.45) is 0 Å². The Kier molecular flexibility index (Phi) is 3.94. The van der Waals surface area contributed by atoms with Crippen molar-refractivity contribution in [2.45, 2.75) is 0 Å². The summed E-state index contributed by atoms with van der Waals surface area (Å²) in [7, 11) is 0. The molecule has 0 unspecified atom stereocenters. The van der Waals surface area contributed by atoms with Crippen LogP contribution in [0.25, 0.3) is 49.8 Å². The summed E-state index contributed by atoms with van der Waals surface area (Å²) in [5.74, 6) is 0. The van der Waals surface area contributed by atoms with Gasteiger partial charge in [-0.2, -0.15) is 0 Å². The molecule has 0 saturated carbocycles. The van der Waals surface area contributed by atoms with E-state index in [4.69, 9.17) is 0 Å². The van der Waals surface area contributed by atoms with E-state index in [9.17, 15) is 10.1 Å². The molecule has 0 saturated heterocycles. The van der Waals surface area contributed by atoms with Gasteiger partial charge in [0.25, 0.3) is 5.69 Å². The number of benzene rings is 2. The zero-order valence-corrected chi connectivity index (χ0v) is 16.7. The Hall–Kier alpha value is -4.65. The zero-order valence-electron chi connectivity index (χ0n) is 16.7. The van der Waals surface area contributed by atoms with Crippen molar-refractivity contribution in [3.63, 3.8) is 0 Å². The maximum absolute atomic E-state index is 11.3. The Morgan fingerprint density at radius 2 is 1.59 bits per heavy atom. The van der Waals surface area contributed by atoms with Crippen molar-refractivity contribution in [1.29, 1.82) is 0 Å². The molecule has 0 atom stereocenters. The van der Waals surface area contributed by atoms with E-state index in [1.54, 1.807) is 30.7 Å². The number of hydrogen-bond acceptors (Lipinski definition) is 5. The van der Waals surface area contributed by atoms with Gasteiger partial charge in [0.2, 0.25) is 0 Å². The summed E-state index contributed by atoms with van der Waals surface area (Å²) in [6, 6.07) is 22.6. The van der Waals surface area contributed by atoms with Crippen LogP contribution in [0.3, 0.4) is 0 Å². The summed E-state index contributed by atoms with van der Waals surface area (Å²) in [5, 5.41) is 13.0. The Labute approximate surface area is 181 Å². The largest absolute Gasteiger partial charge is 0.294 e. The predicted octanol–water partition coefficient (Wildman–Crippen LogP) is 5.70. The highest BCUT2D eigenvalue weighted by molar-refractivity contribution is 6.08. The number of aromatic nitrogens is 4. The molecule has 7 heteroatoms. The Morgan fingerprint density at radius 1 is 0.781 bits per heavy atom. The highest BCUT2D eigenvalue weighted by Gasteiger charge is 2.16. The SMILES string of the molecule is O=[N+]([O-])c1ccc2c(c1)c1cccnc1n2-c1ccc(-c2ccnc3cccnc23)cc1. The molecule has 4 aromatic heterocycles. The summed E-state index contributed by atoms with van der Waals surface area (Å²) in [6.07, 6.45) is 5.29. The van der Waals surface area contributed by atoms with Crippen LogP contribution in [0.4, 0.5) is 5.69 Å². The fourth-order valence-corrected chi connectivity index (χ4v) is 4.21. The van der Waals surface area contributed by atoms with E-state index in [1.165, 1.54) is 6.07 Å². The minimum atomic E-state index is -0.374. The second kappa shape index (κ2) is 6.95. The average molecular weight is 417 g/mol. The normalized spacial score (nSPS) is 11.4. The summed E-state index contributed by atoms with van der Waals surface area (Å²) >= 11 is 0. The molecule has 6 aromatic rings. The third kappa shape index (κ3) is 2.72. The number of hydrogen-bond donors (Lipinski definition) is 0. The van der Waals surface area contributed by atoms with Gasteiger partial charge in [-0.05, 0) is 54.1 Å². The third-order valence-corrected chi connectivity index (χ3v) is 5.65. The van der Waals surface area contributed by atoms with Crippen LogP contribution in [0.2, 0.25) is 0 Å². The first kappa shape index (κ1) is 18.1. The van der Waals surface area contributed by atoms with E-state index in [0.29, 0.717) is 0 Å². The first-order valence-electron chi connectivity index (χ1n) is 10.0. The maximum Gasteiger partial charge on any atom is 0.270 e. The molecule has 152 valence electrons.